The zero-order valence-corrected chi connectivity index (χ0v) is 12.3. The molecule has 20 heavy (non-hydrogen) atoms. The average molecular weight is 278 g/mol. The van der Waals surface area contributed by atoms with E-state index in [-0.39, 0.29) is 18.4 Å². The highest BCUT2D eigenvalue weighted by Gasteiger charge is 2.27. The summed E-state index contributed by atoms with van der Waals surface area (Å²) in [7, 11) is 1.58. The first kappa shape index (κ1) is 16.0. The van der Waals surface area contributed by atoms with Crippen LogP contribution in [0.5, 0.6) is 0 Å². The van der Waals surface area contributed by atoms with E-state index in [0.29, 0.717) is 5.56 Å². The van der Waals surface area contributed by atoms with Gasteiger partial charge in [-0.25, -0.2) is 0 Å². The van der Waals surface area contributed by atoms with Gasteiger partial charge in [0.1, 0.15) is 0 Å². The first-order valence-electron chi connectivity index (χ1n) is 6.39. The van der Waals surface area contributed by atoms with Crippen LogP contribution in [0.4, 0.5) is 5.69 Å². The molecule has 6 heteroatoms. The molecule has 0 atom stereocenters. The molecule has 0 aliphatic carbocycles. The minimum Gasteiger partial charge on any atom is -0.359 e. The molecular weight excluding hydrogens is 256 g/mol. The number of amides is 2. The lowest BCUT2D eigenvalue weighted by molar-refractivity contribution is -0.128. The van der Waals surface area contributed by atoms with Gasteiger partial charge >= 0.3 is 0 Å². The van der Waals surface area contributed by atoms with Gasteiger partial charge in [-0.3, -0.25) is 15.4 Å². The zero-order valence-electron chi connectivity index (χ0n) is 12.3. The Balaban J connectivity index is 2.75. The van der Waals surface area contributed by atoms with Crippen molar-refractivity contribution in [3.8, 4) is 0 Å². The first-order valence-corrected chi connectivity index (χ1v) is 6.39. The summed E-state index contributed by atoms with van der Waals surface area (Å²) >= 11 is 0. The monoisotopic (exact) mass is 278 g/mol. The Kier molecular flexibility index (Phi) is 5.10. The molecule has 0 saturated heterocycles. The van der Waals surface area contributed by atoms with Gasteiger partial charge in [0.05, 0.1) is 5.41 Å². The van der Waals surface area contributed by atoms with E-state index >= 15 is 0 Å². The standard InChI is InChI=1S/C14H22N4O2/c1-9-7-10(18-15)5-6-11(9)12(19)17-8-14(2,3)13(20)16-4/h5-7,18H,8,15H2,1-4H3,(H,16,20)(H,17,19). The molecule has 0 radical (unpaired) electrons. The van der Waals surface area contributed by atoms with Gasteiger partial charge in [0.2, 0.25) is 5.91 Å². The number of carbonyl (C=O) groups excluding carboxylic acids is 2. The van der Waals surface area contributed by atoms with Crippen molar-refractivity contribution in [2.24, 2.45) is 11.3 Å². The van der Waals surface area contributed by atoms with E-state index < -0.39 is 5.41 Å². The Morgan fingerprint density at radius 2 is 1.95 bits per heavy atom. The second-order valence-corrected chi connectivity index (χ2v) is 5.32. The van der Waals surface area contributed by atoms with E-state index in [2.05, 4.69) is 16.1 Å². The van der Waals surface area contributed by atoms with Crippen LogP contribution in [0.2, 0.25) is 0 Å². The van der Waals surface area contributed by atoms with Gasteiger partial charge in [-0.15, -0.1) is 0 Å². The molecule has 1 aromatic rings. The fourth-order valence-corrected chi connectivity index (χ4v) is 1.82. The van der Waals surface area contributed by atoms with Gasteiger partial charge in [-0.05, 0) is 44.5 Å². The Bertz CT molecular complexity index is 512. The predicted octanol–water partition coefficient (Wildman–Crippen LogP) is 0.783. The van der Waals surface area contributed by atoms with Crippen LogP contribution in [0.15, 0.2) is 18.2 Å². The number of nitrogens with one attached hydrogen (secondary N) is 3. The van der Waals surface area contributed by atoms with Gasteiger partial charge in [0, 0.05) is 24.8 Å². The van der Waals surface area contributed by atoms with E-state index in [0.717, 1.165) is 11.3 Å². The highest BCUT2D eigenvalue weighted by atomic mass is 16.2. The zero-order chi connectivity index (χ0) is 15.3. The Labute approximate surface area is 119 Å². The topological polar surface area (TPSA) is 96.2 Å². The molecule has 0 aliphatic heterocycles. The highest BCUT2D eigenvalue weighted by molar-refractivity contribution is 5.96. The van der Waals surface area contributed by atoms with Crippen molar-refractivity contribution in [3.05, 3.63) is 29.3 Å². The van der Waals surface area contributed by atoms with Crippen LogP contribution in [-0.2, 0) is 4.79 Å². The highest BCUT2D eigenvalue weighted by Crippen LogP contribution is 2.16. The largest absolute Gasteiger partial charge is 0.359 e. The van der Waals surface area contributed by atoms with Gasteiger partial charge in [-0.2, -0.15) is 0 Å². The fourth-order valence-electron chi connectivity index (χ4n) is 1.82. The summed E-state index contributed by atoms with van der Waals surface area (Å²) < 4.78 is 0. The lowest BCUT2D eigenvalue weighted by atomic mass is 9.92. The van der Waals surface area contributed by atoms with Crippen LogP contribution in [0.25, 0.3) is 0 Å². The molecule has 110 valence electrons. The molecule has 0 unspecified atom stereocenters. The van der Waals surface area contributed by atoms with E-state index in [1.165, 1.54) is 0 Å². The fraction of sp³-hybridized carbons (Fsp3) is 0.429. The second kappa shape index (κ2) is 6.38. The predicted molar refractivity (Wildman–Crippen MR) is 79.2 cm³/mol. The van der Waals surface area contributed by atoms with Crippen LogP contribution >= 0.6 is 0 Å². The molecule has 0 aliphatic rings. The lowest BCUT2D eigenvalue weighted by Gasteiger charge is -2.23. The number of rotatable bonds is 5. The van der Waals surface area contributed by atoms with Gasteiger partial charge < -0.3 is 16.1 Å². The van der Waals surface area contributed by atoms with Crippen molar-refractivity contribution in [3.63, 3.8) is 0 Å². The third kappa shape index (κ3) is 3.71. The maximum absolute atomic E-state index is 12.1. The van der Waals surface area contributed by atoms with E-state index in [9.17, 15) is 9.59 Å². The molecule has 0 aromatic heterocycles. The SMILES string of the molecule is CNC(=O)C(C)(C)CNC(=O)c1ccc(NN)cc1C. The number of benzene rings is 1. The summed E-state index contributed by atoms with van der Waals surface area (Å²) in [4.78, 5) is 23.8. The van der Waals surface area contributed by atoms with Crippen molar-refractivity contribution >= 4 is 17.5 Å². The number of nitrogens with two attached hydrogens (primary N) is 1. The van der Waals surface area contributed by atoms with Crippen LogP contribution in [0, 0.1) is 12.3 Å². The minimum atomic E-state index is -0.656. The van der Waals surface area contributed by atoms with E-state index in [4.69, 9.17) is 5.84 Å². The summed E-state index contributed by atoms with van der Waals surface area (Å²) in [5, 5.41) is 5.36. The Morgan fingerprint density at radius 1 is 1.30 bits per heavy atom. The van der Waals surface area contributed by atoms with Crippen molar-refractivity contribution in [1.82, 2.24) is 10.6 Å². The second-order valence-electron chi connectivity index (χ2n) is 5.32. The molecule has 2 amide bonds. The summed E-state index contributed by atoms with van der Waals surface area (Å²) in [5.41, 5.74) is 3.99. The van der Waals surface area contributed by atoms with Crippen molar-refractivity contribution in [2.75, 3.05) is 19.0 Å². The first-order chi connectivity index (χ1) is 9.31. The Hall–Kier alpha value is -2.08. The third-order valence-electron chi connectivity index (χ3n) is 3.17. The molecule has 0 saturated carbocycles. The molecular formula is C14H22N4O2. The maximum atomic E-state index is 12.1. The minimum absolute atomic E-state index is 0.114. The normalized spacial score (nSPS) is 10.8. The van der Waals surface area contributed by atoms with Crippen LogP contribution in [0.3, 0.4) is 0 Å². The number of aryl methyl sites for hydroxylation is 1. The summed E-state index contributed by atoms with van der Waals surface area (Å²) in [6, 6.07) is 5.22. The third-order valence-corrected chi connectivity index (χ3v) is 3.17. The number of anilines is 1. The number of hydrogen-bond donors (Lipinski definition) is 4. The molecule has 1 rings (SSSR count). The van der Waals surface area contributed by atoms with Gasteiger partial charge in [-0.1, -0.05) is 0 Å². The van der Waals surface area contributed by atoms with Crippen molar-refractivity contribution < 1.29 is 9.59 Å². The lowest BCUT2D eigenvalue weighted by Crippen LogP contribution is -2.43. The summed E-state index contributed by atoms with van der Waals surface area (Å²) in [5.74, 6) is 5.00. The number of nitrogen functional groups attached to an aromatic ring is 1. The van der Waals surface area contributed by atoms with Gasteiger partial charge in [0.15, 0.2) is 0 Å². The smallest absolute Gasteiger partial charge is 0.251 e. The average Bonchev–Trinajstić information content (AvgIpc) is 2.43. The number of carbonyl (C=O) groups is 2. The molecule has 0 heterocycles. The van der Waals surface area contributed by atoms with Crippen molar-refractivity contribution in [2.45, 2.75) is 20.8 Å². The molecule has 0 bridgehead atoms. The maximum Gasteiger partial charge on any atom is 0.251 e. The molecule has 5 N–H and O–H groups in total. The number of hydrogen-bond acceptors (Lipinski definition) is 4. The van der Waals surface area contributed by atoms with Crippen LogP contribution < -0.4 is 21.9 Å². The van der Waals surface area contributed by atoms with Crippen molar-refractivity contribution in [1.29, 1.82) is 0 Å². The van der Waals surface area contributed by atoms with Crippen LogP contribution in [0.1, 0.15) is 29.8 Å². The quantitative estimate of drug-likeness (QED) is 0.473. The molecule has 6 nitrogen and oxygen atoms in total. The summed E-state index contributed by atoms with van der Waals surface area (Å²) in [6.45, 7) is 5.66. The van der Waals surface area contributed by atoms with E-state index in [1.54, 1.807) is 39.1 Å². The van der Waals surface area contributed by atoms with E-state index in [1.807, 2.05) is 6.92 Å². The summed E-state index contributed by atoms with van der Waals surface area (Å²) in [6.07, 6.45) is 0. The molecule has 0 fully saturated rings. The molecule has 0 spiro atoms. The Morgan fingerprint density at radius 3 is 2.45 bits per heavy atom. The number of hydrazine groups is 1. The van der Waals surface area contributed by atoms with Gasteiger partial charge in [0.25, 0.3) is 5.91 Å². The van der Waals surface area contributed by atoms with Crippen LogP contribution in [-0.4, -0.2) is 25.4 Å². The molecule has 1 aromatic carbocycles.